The van der Waals surface area contributed by atoms with Crippen molar-refractivity contribution in [1.82, 2.24) is 0 Å². The number of rotatable bonds is 6. The molecule has 1 spiro atoms. The van der Waals surface area contributed by atoms with Crippen LogP contribution in [0.4, 0.5) is 0 Å². The van der Waals surface area contributed by atoms with E-state index in [4.69, 9.17) is 28.4 Å². The normalized spacial score (nSPS) is 60.5. The van der Waals surface area contributed by atoms with E-state index in [0.717, 1.165) is 19.3 Å². The van der Waals surface area contributed by atoms with Crippen molar-refractivity contribution in [2.24, 2.45) is 52.3 Å². The minimum atomic E-state index is -1.62. The third-order valence-electron chi connectivity index (χ3n) is 16.4. The van der Waals surface area contributed by atoms with Crippen molar-refractivity contribution in [2.75, 3.05) is 19.8 Å². The van der Waals surface area contributed by atoms with Crippen LogP contribution < -0.4 is 0 Å². The summed E-state index contributed by atoms with van der Waals surface area (Å²) < 4.78 is 37.7. The molecule has 8 rings (SSSR count). The molecule has 16 nitrogen and oxygen atoms in total. The highest BCUT2D eigenvalue weighted by atomic mass is 16.7. The molecule has 316 valence electrons. The Morgan fingerprint density at radius 1 is 0.655 bits per heavy atom. The Morgan fingerprint density at radius 3 is 1.87 bits per heavy atom. The van der Waals surface area contributed by atoms with Crippen molar-refractivity contribution in [3.63, 3.8) is 0 Å². The summed E-state index contributed by atoms with van der Waals surface area (Å²) in [6, 6.07) is 0. The van der Waals surface area contributed by atoms with Crippen LogP contribution >= 0.6 is 0 Å². The highest BCUT2D eigenvalue weighted by Crippen LogP contribution is 2.71. The summed E-state index contributed by atoms with van der Waals surface area (Å²) in [4.78, 5) is 0. The number of hydrogen-bond donors (Lipinski definition) is 10. The quantitative estimate of drug-likeness (QED) is 0.135. The molecular formula is C39H64O16. The van der Waals surface area contributed by atoms with E-state index in [0.29, 0.717) is 31.6 Å². The number of hydrogen-bond acceptors (Lipinski definition) is 16. The Kier molecular flexibility index (Phi) is 11.1. The maximum atomic E-state index is 12.1. The van der Waals surface area contributed by atoms with E-state index >= 15 is 0 Å². The molecule has 4 aliphatic heterocycles. The van der Waals surface area contributed by atoms with E-state index < -0.39 is 105 Å². The van der Waals surface area contributed by atoms with E-state index in [-0.39, 0.29) is 59.0 Å². The average Bonchev–Trinajstić information content (AvgIpc) is 3.62. The maximum absolute atomic E-state index is 12.1. The van der Waals surface area contributed by atoms with Crippen LogP contribution in [0.25, 0.3) is 0 Å². The first-order valence-corrected chi connectivity index (χ1v) is 20.6. The van der Waals surface area contributed by atoms with Crippen LogP contribution in [-0.2, 0) is 28.4 Å². The molecule has 8 aliphatic rings. The van der Waals surface area contributed by atoms with Gasteiger partial charge in [-0.15, -0.1) is 0 Å². The molecule has 0 amide bonds. The van der Waals surface area contributed by atoms with Crippen molar-refractivity contribution < 1.29 is 79.5 Å². The fraction of sp³-hybridized carbons (Fsp3) is 1.00. The van der Waals surface area contributed by atoms with Crippen LogP contribution in [0.2, 0.25) is 0 Å². The molecule has 0 aromatic rings. The molecule has 4 aliphatic carbocycles. The zero-order valence-electron chi connectivity index (χ0n) is 32.2. The van der Waals surface area contributed by atoms with Gasteiger partial charge >= 0.3 is 0 Å². The predicted molar refractivity (Wildman–Crippen MR) is 187 cm³/mol. The third kappa shape index (κ3) is 6.23. The van der Waals surface area contributed by atoms with Gasteiger partial charge in [0.15, 0.2) is 18.4 Å². The van der Waals surface area contributed by atoms with Crippen LogP contribution in [0, 0.1) is 52.3 Å². The standard InChI is InChI=1S/C39H64O16/c1-15-14-50-39(34(49)33(15)54-36-32(48)30(46)28(44)25(13-41)53-36)16(2)26-23(55-39)11-20-18-10-22(51-35-31(47)29(45)27(43)24(12-40)52-35)21-9-17(42)5-7-37(21,3)19(18)6-8-38(20,26)4/h15-36,40-49H,5-14H2,1-4H3/t15-,16-,17-,18+,19-,20-,21+,22-,23-,24+,25+,26-,27+,28+,29-,30-,31+,32+,33+,34-,35+,36-,37+,38-,39-/m0/s1. The van der Waals surface area contributed by atoms with Gasteiger partial charge in [0.05, 0.1) is 44.2 Å². The number of aliphatic hydroxyl groups is 10. The van der Waals surface area contributed by atoms with E-state index in [9.17, 15) is 51.1 Å². The SMILES string of the molecule is C[C@H]1CO[C@@]2(O[C@H]3C[C@H]4[C@@H]5C[C@H](O[C@@H]6O[C@H](CO)[C@@H](O)[C@H](O)[C@H]6O)[C@H]6C[C@@H](O)CC[C@]6(C)[C@H]5CC[C@]4(C)[C@H]3[C@@H]2C)[C@@H](O)[C@@H]1O[C@@H]1O[C@H](CO)[C@@H](O)[C@H](O)[C@H]1O. The van der Waals surface area contributed by atoms with Gasteiger partial charge in [0.25, 0.3) is 0 Å². The lowest BCUT2D eigenvalue weighted by atomic mass is 9.43. The number of ether oxygens (including phenoxy) is 6. The van der Waals surface area contributed by atoms with E-state index in [2.05, 4.69) is 20.8 Å². The topological polar surface area (TPSA) is 258 Å². The summed E-state index contributed by atoms with van der Waals surface area (Å²) in [5.74, 6) is -1.31. The Balaban J connectivity index is 1.03. The molecule has 4 saturated heterocycles. The second kappa shape index (κ2) is 14.8. The summed E-state index contributed by atoms with van der Waals surface area (Å²) in [5.41, 5.74) is -0.388. The van der Waals surface area contributed by atoms with Gasteiger partial charge in [-0.2, -0.15) is 0 Å². The molecule has 4 heterocycles. The van der Waals surface area contributed by atoms with Gasteiger partial charge < -0.3 is 79.5 Å². The molecule has 0 aromatic carbocycles. The number of aliphatic hydroxyl groups excluding tert-OH is 10. The van der Waals surface area contributed by atoms with Crippen molar-refractivity contribution in [3.05, 3.63) is 0 Å². The van der Waals surface area contributed by atoms with Crippen molar-refractivity contribution in [3.8, 4) is 0 Å². The maximum Gasteiger partial charge on any atom is 0.200 e. The lowest BCUT2D eigenvalue weighted by Crippen LogP contribution is -2.65. The summed E-state index contributed by atoms with van der Waals surface area (Å²) in [5, 5.41) is 106. The smallest absolute Gasteiger partial charge is 0.200 e. The highest BCUT2D eigenvalue weighted by molar-refractivity contribution is 5.18. The van der Waals surface area contributed by atoms with Crippen molar-refractivity contribution in [1.29, 1.82) is 0 Å². The van der Waals surface area contributed by atoms with Crippen LogP contribution in [-0.4, -0.2) is 169 Å². The first-order chi connectivity index (χ1) is 26.0. The largest absolute Gasteiger partial charge is 0.394 e. The van der Waals surface area contributed by atoms with Gasteiger partial charge in [0.1, 0.15) is 54.9 Å². The Hall–Kier alpha value is -0.640. The van der Waals surface area contributed by atoms with Gasteiger partial charge in [-0.05, 0) is 85.4 Å². The first kappa shape index (κ1) is 41.1. The molecular weight excluding hydrogens is 724 g/mol. The lowest BCUT2D eigenvalue weighted by molar-refractivity contribution is -0.374. The zero-order chi connectivity index (χ0) is 39.5. The molecule has 0 radical (unpaired) electrons. The van der Waals surface area contributed by atoms with Crippen LogP contribution in [0.5, 0.6) is 0 Å². The van der Waals surface area contributed by atoms with Crippen molar-refractivity contribution >= 4 is 0 Å². The second-order valence-corrected chi connectivity index (χ2v) is 19.0. The van der Waals surface area contributed by atoms with E-state index in [1.807, 2.05) is 6.92 Å². The highest BCUT2D eigenvalue weighted by Gasteiger charge is 2.72. The van der Waals surface area contributed by atoms with Gasteiger partial charge in [0, 0.05) is 11.8 Å². The van der Waals surface area contributed by atoms with Gasteiger partial charge in [-0.1, -0.05) is 27.7 Å². The van der Waals surface area contributed by atoms with Crippen LogP contribution in [0.1, 0.15) is 72.6 Å². The fourth-order valence-electron chi connectivity index (χ4n) is 13.4. The molecule has 25 atom stereocenters. The van der Waals surface area contributed by atoms with Gasteiger partial charge in [-0.3, -0.25) is 0 Å². The van der Waals surface area contributed by atoms with E-state index in [1.54, 1.807) is 0 Å². The fourth-order valence-corrected chi connectivity index (χ4v) is 13.4. The minimum Gasteiger partial charge on any atom is -0.394 e. The van der Waals surface area contributed by atoms with Gasteiger partial charge in [-0.25, -0.2) is 0 Å². The average molecular weight is 789 g/mol. The number of fused-ring (bicyclic) bond motifs is 7. The monoisotopic (exact) mass is 788 g/mol. The summed E-state index contributed by atoms with van der Waals surface area (Å²) in [6.07, 6.45) is -12.4. The molecule has 16 heteroatoms. The zero-order valence-corrected chi connectivity index (χ0v) is 32.2. The molecule has 4 saturated carbocycles. The lowest BCUT2D eigenvalue weighted by Gasteiger charge is -2.63. The predicted octanol–water partition coefficient (Wildman–Crippen LogP) is -1.65. The molecule has 0 bridgehead atoms. The molecule has 8 fully saturated rings. The molecule has 55 heavy (non-hydrogen) atoms. The van der Waals surface area contributed by atoms with E-state index in [1.165, 1.54) is 0 Å². The van der Waals surface area contributed by atoms with Crippen molar-refractivity contribution in [2.45, 2.75) is 170 Å². The van der Waals surface area contributed by atoms with Crippen LogP contribution in [0.15, 0.2) is 0 Å². The molecule has 10 N–H and O–H groups in total. The minimum absolute atomic E-state index is 0.0120. The summed E-state index contributed by atoms with van der Waals surface area (Å²) in [6.45, 7) is 7.56. The van der Waals surface area contributed by atoms with Crippen LogP contribution in [0.3, 0.4) is 0 Å². The Bertz CT molecular complexity index is 1370. The summed E-state index contributed by atoms with van der Waals surface area (Å²) in [7, 11) is 0. The molecule has 0 aromatic heterocycles. The summed E-state index contributed by atoms with van der Waals surface area (Å²) >= 11 is 0. The molecule has 0 unspecified atom stereocenters. The first-order valence-electron chi connectivity index (χ1n) is 20.6. The Morgan fingerprint density at radius 2 is 1.25 bits per heavy atom. The second-order valence-electron chi connectivity index (χ2n) is 19.0. The van der Waals surface area contributed by atoms with Gasteiger partial charge in [0.2, 0.25) is 0 Å². The Labute approximate surface area is 321 Å². The third-order valence-corrected chi connectivity index (χ3v) is 16.4.